The second kappa shape index (κ2) is 10.4. The Labute approximate surface area is 235 Å². The summed E-state index contributed by atoms with van der Waals surface area (Å²) in [5, 5.41) is 22.8. The van der Waals surface area contributed by atoms with Crippen LogP contribution in [0.2, 0.25) is 0 Å². The molecule has 1 aromatic carbocycles. The standard InChI is InChI=1S/C31H43N7O2/c1-5-37(16-19-14-25(28(40)27(19)39)38-11-10-22-29(32)33-17-34-30(22)38)21-12-18(13-21)6-9-26-35-23-8-7-20(31(2,3)4)15-24(23)36-26/h7-8,10-11,15,17-19,21,25,27-28,39-40H,5-6,9,12-14,16H2,1-4H3,(H,35,36)(H2,32,33,34)/t18?,19-,21?,25?,27-,28+/m1/s1. The molecule has 1 unspecified atom stereocenters. The van der Waals surface area contributed by atoms with Crippen LogP contribution in [0.1, 0.15) is 70.8 Å². The Bertz CT molecular complexity index is 1480. The number of nitrogens with two attached hydrogens (primary N) is 1. The molecule has 0 saturated heterocycles. The number of aromatic amines is 1. The SMILES string of the molecule is CCN(C[C@H]1CC(n2ccc3c(N)ncnc32)[C@H](O)[C@@H]1O)C1CC(CCc2nc3ccc(C(C)(C)C)cc3[nH]2)C1. The molecule has 40 heavy (non-hydrogen) atoms. The number of imidazole rings is 1. The monoisotopic (exact) mass is 545 g/mol. The molecule has 0 radical (unpaired) electrons. The third-order valence-electron chi connectivity index (χ3n) is 9.46. The lowest BCUT2D eigenvalue weighted by Gasteiger charge is -2.44. The summed E-state index contributed by atoms with van der Waals surface area (Å²) in [6.07, 6.45) is 6.91. The molecule has 3 heterocycles. The number of nitrogens with zero attached hydrogens (tertiary/aromatic N) is 5. The molecule has 0 spiro atoms. The lowest BCUT2D eigenvalue weighted by Crippen LogP contribution is -2.48. The third-order valence-corrected chi connectivity index (χ3v) is 9.46. The predicted octanol–water partition coefficient (Wildman–Crippen LogP) is 4.20. The van der Waals surface area contributed by atoms with Gasteiger partial charge in [0.15, 0.2) is 0 Å². The summed E-state index contributed by atoms with van der Waals surface area (Å²) in [6, 6.07) is 8.75. The molecule has 3 aromatic heterocycles. The number of fused-ring (bicyclic) bond motifs is 2. The van der Waals surface area contributed by atoms with E-state index in [-0.39, 0.29) is 17.4 Å². The van der Waals surface area contributed by atoms with Crippen molar-refractivity contribution in [1.82, 2.24) is 29.4 Å². The van der Waals surface area contributed by atoms with Crippen molar-refractivity contribution >= 4 is 27.9 Å². The van der Waals surface area contributed by atoms with Crippen LogP contribution in [0.4, 0.5) is 5.82 Å². The first kappa shape index (κ1) is 27.2. The summed E-state index contributed by atoms with van der Waals surface area (Å²) in [6.45, 7) is 10.6. The number of nitrogens with one attached hydrogen (secondary N) is 1. The van der Waals surface area contributed by atoms with Gasteiger partial charge in [0.2, 0.25) is 0 Å². The van der Waals surface area contributed by atoms with Crippen molar-refractivity contribution in [2.75, 3.05) is 18.8 Å². The minimum Gasteiger partial charge on any atom is -0.390 e. The highest BCUT2D eigenvalue weighted by Crippen LogP contribution is 2.40. The Kier molecular flexibility index (Phi) is 7.09. The van der Waals surface area contributed by atoms with Crippen molar-refractivity contribution in [2.24, 2.45) is 11.8 Å². The average molecular weight is 546 g/mol. The number of aromatic nitrogens is 5. The third kappa shape index (κ3) is 4.99. The Morgan fingerprint density at radius 3 is 2.65 bits per heavy atom. The normalized spacial score (nSPS) is 27.2. The summed E-state index contributed by atoms with van der Waals surface area (Å²) < 4.78 is 1.96. The van der Waals surface area contributed by atoms with Crippen molar-refractivity contribution in [2.45, 2.75) is 89.5 Å². The van der Waals surface area contributed by atoms with Crippen molar-refractivity contribution in [3.05, 3.63) is 48.2 Å². The van der Waals surface area contributed by atoms with Gasteiger partial charge in [0, 0.05) is 31.1 Å². The maximum absolute atomic E-state index is 11.0. The summed E-state index contributed by atoms with van der Waals surface area (Å²) in [4.78, 5) is 19.4. The van der Waals surface area contributed by atoms with E-state index < -0.39 is 12.2 Å². The summed E-state index contributed by atoms with van der Waals surface area (Å²) in [5.74, 6) is 2.21. The van der Waals surface area contributed by atoms with E-state index in [1.54, 1.807) is 0 Å². The number of hydrogen-bond acceptors (Lipinski definition) is 7. The molecule has 2 aliphatic rings. The molecule has 0 bridgehead atoms. The molecule has 9 heteroatoms. The van der Waals surface area contributed by atoms with Crippen molar-refractivity contribution < 1.29 is 10.2 Å². The number of nitrogen functional groups attached to an aromatic ring is 1. The van der Waals surface area contributed by atoms with Crippen LogP contribution < -0.4 is 5.73 Å². The molecule has 4 aromatic rings. The molecule has 5 N–H and O–H groups in total. The van der Waals surface area contributed by atoms with Crippen LogP contribution in [0.5, 0.6) is 0 Å². The van der Waals surface area contributed by atoms with E-state index >= 15 is 0 Å². The zero-order valence-electron chi connectivity index (χ0n) is 24.1. The molecule has 4 atom stereocenters. The van der Waals surface area contributed by atoms with Gasteiger partial charge in [-0.3, -0.25) is 0 Å². The first-order chi connectivity index (χ1) is 19.1. The van der Waals surface area contributed by atoms with Crippen LogP contribution >= 0.6 is 0 Å². The van der Waals surface area contributed by atoms with Crippen LogP contribution in [-0.2, 0) is 11.8 Å². The molecule has 2 fully saturated rings. The molecule has 6 rings (SSSR count). The van der Waals surface area contributed by atoms with Gasteiger partial charge < -0.3 is 30.4 Å². The van der Waals surface area contributed by atoms with Crippen molar-refractivity contribution in [3.63, 3.8) is 0 Å². The Hall–Kier alpha value is -3.01. The Balaban J connectivity index is 1.03. The molecule has 214 valence electrons. The van der Waals surface area contributed by atoms with Gasteiger partial charge in [0.25, 0.3) is 0 Å². The number of H-pyrrole nitrogens is 1. The van der Waals surface area contributed by atoms with Crippen LogP contribution in [0.25, 0.3) is 22.1 Å². The molecule has 2 aliphatic carbocycles. The van der Waals surface area contributed by atoms with E-state index in [1.165, 1.54) is 24.7 Å². The molecule has 2 saturated carbocycles. The van der Waals surface area contributed by atoms with E-state index in [9.17, 15) is 10.2 Å². The van der Waals surface area contributed by atoms with Gasteiger partial charge in [-0.05, 0) is 67.3 Å². The number of aliphatic hydroxyl groups is 2. The summed E-state index contributed by atoms with van der Waals surface area (Å²) >= 11 is 0. The first-order valence-electron chi connectivity index (χ1n) is 14.8. The zero-order chi connectivity index (χ0) is 28.2. The highest BCUT2D eigenvalue weighted by molar-refractivity contribution is 5.86. The summed E-state index contributed by atoms with van der Waals surface area (Å²) in [5.41, 5.74) is 10.3. The lowest BCUT2D eigenvalue weighted by molar-refractivity contribution is -0.0101. The van der Waals surface area contributed by atoms with Gasteiger partial charge in [-0.2, -0.15) is 0 Å². The number of rotatable bonds is 8. The average Bonchev–Trinajstić information content (AvgIpc) is 3.58. The fourth-order valence-electron chi connectivity index (χ4n) is 6.87. The smallest absolute Gasteiger partial charge is 0.145 e. The first-order valence-corrected chi connectivity index (χ1v) is 14.8. The maximum atomic E-state index is 11.0. The van der Waals surface area contributed by atoms with Gasteiger partial charge in [0.05, 0.1) is 28.6 Å². The van der Waals surface area contributed by atoms with E-state index in [4.69, 9.17) is 10.7 Å². The van der Waals surface area contributed by atoms with Crippen LogP contribution in [0, 0.1) is 11.8 Å². The fraction of sp³-hybridized carbons (Fsp3) is 0.581. The van der Waals surface area contributed by atoms with Gasteiger partial charge in [-0.15, -0.1) is 0 Å². The number of benzene rings is 1. The topological polar surface area (TPSA) is 129 Å². The minimum absolute atomic E-state index is 0.00386. The maximum Gasteiger partial charge on any atom is 0.145 e. The van der Waals surface area contributed by atoms with Gasteiger partial charge in [-0.1, -0.05) is 33.8 Å². The molecular weight excluding hydrogens is 502 g/mol. The molecule has 9 nitrogen and oxygen atoms in total. The second-order valence-electron chi connectivity index (χ2n) is 13.0. The largest absolute Gasteiger partial charge is 0.390 e. The van der Waals surface area contributed by atoms with E-state index in [2.05, 4.69) is 65.7 Å². The highest BCUT2D eigenvalue weighted by Gasteiger charge is 2.44. The Morgan fingerprint density at radius 2 is 1.90 bits per heavy atom. The predicted molar refractivity (Wildman–Crippen MR) is 158 cm³/mol. The zero-order valence-corrected chi connectivity index (χ0v) is 24.1. The van der Waals surface area contributed by atoms with E-state index in [1.807, 2.05) is 16.8 Å². The van der Waals surface area contributed by atoms with E-state index in [0.717, 1.165) is 48.2 Å². The van der Waals surface area contributed by atoms with Crippen molar-refractivity contribution in [3.8, 4) is 0 Å². The van der Waals surface area contributed by atoms with Gasteiger partial charge >= 0.3 is 0 Å². The lowest BCUT2D eigenvalue weighted by atomic mass is 9.76. The van der Waals surface area contributed by atoms with Crippen LogP contribution in [-0.4, -0.2) is 71.0 Å². The number of hydrogen-bond donors (Lipinski definition) is 4. The Morgan fingerprint density at radius 1 is 1.10 bits per heavy atom. The number of anilines is 1. The quantitative estimate of drug-likeness (QED) is 0.261. The molecule has 0 aliphatic heterocycles. The van der Waals surface area contributed by atoms with Crippen LogP contribution in [0.15, 0.2) is 36.8 Å². The number of aryl methyl sites for hydroxylation is 1. The van der Waals surface area contributed by atoms with Crippen LogP contribution in [0.3, 0.4) is 0 Å². The van der Waals surface area contributed by atoms with E-state index in [0.29, 0.717) is 29.8 Å². The second-order valence-corrected chi connectivity index (χ2v) is 13.0. The number of aliphatic hydroxyl groups excluding tert-OH is 2. The van der Waals surface area contributed by atoms with Crippen molar-refractivity contribution in [1.29, 1.82) is 0 Å². The fourth-order valence-corrected chi connectivity index (χ4v) is 6.87. The molecule has 0 amide bonds. The molecular formula is C31H43N7O2. The van der Waals surface area contributed by atoms with Gasteiger partial charge in [0.1, 0.15) is 29.7 Å². The highest BCUT2D eigenvalue weighted by atomic mass is 16.3. The minimum atomic E-state index is -0.840. The summed E-state index contributed by atoms with van der Waals surface area (Å²) in [7, 11) is 0. The van der Waals surface area contributed by atoms with Gasteiger partial charge in [-0.25, -0.2) is 15.0 Å².